The van der Waals surface area contributed by atoms with Gasteiger partial charge in [0.05, 0.1) is 39.8 Å². The Morgan fingerprint density at radius 3 is 1.97 bits per heavy atom. The van der Waals surface area contributed by atoms with Gasteiger partial charge in [-0.3, -0.25) is 4.79 Å². The molecule has 0 aromatic heterocycles. The average Bonchev–Trinajstić information content (AvgIpc) is 2.89. The van der Waals surface area contributed by atoms with Crippen LogP contribution in [0.1, 0.15) is 42.3 Å². The highest BCUT2D eigenvalue weighted by Crippen LogP contribution is 2.39. The van der Waals surface area contributed by atoms with E-state index in [0.717, 1.165) is 11.1 Å². The Balaban J connectivity index is 1.68. The van der Waals surface area contributed by atoms with E-state index in [-0.39, 0.29) is 18.8 Å². The molecule has 1 aliphatic heterocycles. The molecule has 1 amide bonds. The summed E-state index contributed by atoms with van der Waals surface area (Å²) in [6.07, 6.45) is 0.563. The minimum atomic E-state index is -3.61. The number of ether oxygens (including phenoxy) is 5. The molecule has 2 aromatic carbocycles. The zero-order valence-corrected chi connectivity index (χ0v) is 22.9. The largest absolute Gasteiger partial charge is 0.493 e. The topological polar surface area (TPSA) is 113 Å². The monoisotopic (exact) mass is 536 g/mol. The maximum absolute atomic E-state index is 13.0. The van der Waals surface area contributed by atoms with Crippen molar-refractivity contribution in [2.45, 2.75) is 33.7 Å². The van der Waals surface area contributed by atoms with E-state index in [1.807, 2.05) is 32.9 Å². The van der Waals surface area contributed by atoms with Crippen LogP contribution < -0.4 is 29.0 Å². The fourth-order valence-corrected chi connectivity index (χ4v) is 5.46. The normalized spacial score (nSPS) is 13.4. The number of fused-ring (bicyclic) bond motifs is 1. The Bertz CT molecular complexity index is 1170. The quantitative estimate of drug-likeness (QED) is 0.416. The van der Waals surface area contributed by atoms with Crippen LogP contribution in [0.4, 0.5) is 0 Å². The number of hydrogen-bond donors (Lipinski definition) is 1. The molecule has 2 aromatic rings. The molecular formula is C26H36N2O8S. The minimum Gasteiger partial charge on any atom is -0.493 e. The molecule has 3 rings (SSSR count). The summed E-state index contributed by atoms with van der Waals surface area (Å²) < 4.78 is 55.2. The summed E-state index contributed by atoms with van der Waals surface area (Å²) in [6, 6.07) is 6.85. The van der Waals surface area contributed by atoms with Gasteiger partial charge in [0.2, 0.25) is 15.8 Å². The lowest BCUT2D eigenvalue weighted by atomic mass is 10.0. The van der Waals surface area contributed by atoms with Crippen molar-refractivity contribution in [3.63, 3.8) is 0 Å². The van der Waals surface area contributed by atoms with Crippen LogP contribution in [0.15, 0.2) is 24.3 Å². The Kier molecular flexibility index (Phi) is 9.87. The number of carbonyl (C=O) groups is 1. The number of benzene rings is 2. The minimum absolute atomic E-state index is 0.0440. The molecule has 10 nitrogen and oxygen atoms in total. The van der Waals surface area contributed by atoms with Gasteiger partial charge in [-0.05, 0) is 62.6 Å². The van der Waals surface area contributed by atoms with E-state index in [0.29, 0.717) is 67.1 Å². The van der Waals surface area contributed by atoms with E-state index in [9.17, 15) is 13.2 Å². The molecular weight excluding hydrogens is 500 g/mol. The summed E-state index contributed by atoms with van der Waals surface area (Å²) in [5.41, 5.74) is 2.20. The zero-order valence-electron chi connectivity index (χ0n) is 22.1. The maximum Gasteiger partial charge on any atom is 0.251 e. The first-order valence-corrected chi connectivity index (χ1v) is 13.9. The first-order chi connectivity index (χ1) is 17.8. The summed E-state index contributed by atoms with van der Waals surface area (Å²) >= 11 is 0. The van der Waals surface area contributed by atoms with Crippen LogP contribution in [0.2, 0.25) is 0 Å². The van der Waals surface area contributed by atoms with Crippen molar-refractivity contribution in [3.05, 3.63) is 41.0 Å². The molecule has 0 spiro atoms. The van der Waals surface area contributed by atoms with E-state index in [2.05, 4.69) is 5.32 Å². The summed E-state index contributed by atoms with van der Waals surface area (Å²) in [4.78, 5) is 12.9. The molecule has 0 radical (unpaired) electrons. The number of carbonyl (C=O) groups excluding carboxylic acids is 1. The van der Waals surface area contributed by atoms with E-state index in [1.54, 1.807) is 26.4 Å². The number of sulfonamides is 1. The fraction of sp³-hybridized carbons (Fsp3) is 0.500. The van der Waals surface area contributed by atoms with Crippen LogP contribution in [0.5, 0.6) is 28.7 Å². The van der Waals surface area contributed by atoms with Crippen LogP contribution in [0, 0.1) is 0 Å². The van der Waals surface area contributed by atoms with Gasteiger partial charge in [0.25, 0.3) is 5.91 Å². The number of hydrogen-bond acceptors (Lipinski definition) is 8. The second-order valence-corrected chi connectivity index (χ2v) is 10.3. The molecule has 1 aliphatic rings. The third kappa shape index (κ3) is 6.78. The molecule has 0 saturated heterocycles. The van der Waals surface area contributed by atoms with Gasteiger partial charge in [-0.25, -0.2) is 8.42 Å². The molecule has 0 atom stereocenters. The van der Waals surface area contributed by atoms with Crippen LogP contribution in [-0.2, 0) is 23.0 Å². The maximum atomic E-state index is 13.0. The molecule has 0 aliphatic carbocycles. The van der Waals surface area contributed by atoms with Crippen LogP contribution in [0.25, 0.3) is 0 Å². The lowest BCUT2D eigenvalue weighted by molar-refractivity contribution is 0.0955. The van der Waals surface area contributed by atoms with Gasteiger partial charge in [-0.2, -0.15) is 4.31 Å². The molecule has 37 heavy (non-hydrogen) atoms. The van der Waals surface area contributed by atoms with E-state index in [4.69, 9.17) is 23.7 Å². The predicted molar refractivity (Wildman–Crippen MR) is 140 cm³/mol. The summed E-state index contributed by atoms with van der Waals surface area (Å²) in [7, 11) is -0.495. The van der Waals surface area contributed by atoms with Gasteiger partial charge in [0, 0.05) is 25.2 Å². The van der Waals surface area contributed by atoms with Crippen molar-refractivity contribution in [3.8, 4) is 28.7 Å². The van der Waals surface area contributed by atoms with Crippen molar-refractivity contribution in [2.24, 2.45) is 0 Å². The molecule has 0 unspecified atom stereocenters. The number of amides is 1. The van der Waals surface area contributed by atoms with Crippen molar-refractivity contribution in [1.82, 2.24) is 9.62 Å². The Morgan fingerprint density at radius 1 is 0.865 bits per heavy atom. The van der Waals surface area contributed by atoms with Gasteiger partial charge >= 0.3 is 0 Å². The zero-order chi connectivity index (χ0) is 27.0. The first-order valence-electron chi connectivity index (χ1n) is 12.3. The average molecular weight is 537 g/mol. The third-order valence-corrected chi connectivity index (χ3v) is 7.71. The van der Waals surface area contributed by atoms with Crippen molar-refractivity contribution >= 4 is 15.9 Å². The molecule has 1 N–H and O–H groups in total. The Hall–Kier alpha value is -3.18. The highest BCUT2D eigenvalue weighted by Gasteiger charge is 2.28. The molecule has 1 heterocycles. The molecule has 11 heteroatoms. The first kappa shape index (κ1) is 28.4. The van der Waals surface area contributed by atoms with Crippen LogP contribution in [-0.4, -0.2) is 71.5 Å². The predicted octanol–water partition coefficient (Wildman–Crippen LogP) is 3.02. The summed E-state index contributed by atoms with van der Waals surface area (Å²) in [6.45, 7) is 7.23. The summed E-state index contributed by atoms with van der Waals surface area (Å²) in [5.74, 6) is 1.75. The van der Waals surface area contributed by atoms with Gasteiger partial charge < -0.3 is 29.0 Å². The molecule has 0 saturated carbocycles. The Labute approximate surface area is 218 Å². The number of methoxy groups -OCH3 is 2. The van der Waals surface area contributed by atoms with Crippen LogP contribution in [0.3, 0.4) is 0 Å². The van der Waals surface area contributed by atoms with E-state index in [1.165, 1.54) is 4.31 Å². The van der Waals surface area contributed by atoms with Gasteiger partial charge in [-0.15, -0.1) is 0 Å². The van der Waals surface area contributed by atoms with Crippen LogP contribution >= 0.6 is 0 Å². The second-order valence-electron chi connectivity index (χ2n) is 8.23. The Morgan fingerprint density at radius 2 is 1.43 bits per heavy atom. The molecule has 204 valence electrons. The summed E-state index contributed by atoms with van der Waals surface area (Å²) in [5, 5.41) is 2.70. The van der Waals surface area contributed by atoms with E-state index < -0.39 is 15.9 Å². The highest BCUT2D eigenvalue weighted by atomic mass is 32.2. The van der Waals surface area contributed by atoms with Crippen molar-refractivity contribution in [2.75, 3.05) is 52.9 Å². The standard InChI is InChI=1S/C26H36N2O8S/c1-6-34-23-14-19(15-24(35-7-2)25(23)36-8-3)26(29)27-10-12-37(30,31)28-11-9-18-13-21(32-4)22(33-5)16-20(18)17-28/h13-16H,6-12,17H2,1-5H3,(H,27,29). The number of nitrogens with zero attached hydrogens (tertiary/aromatic N) is 1. The molecule has 0 bridgehead atoms. The van der Waals surface area contributed by atoms with Crippen molar-refractivity contribution < 1.29 is 36.9 Å². The SMILES string of the molecule is CCOc1cc(C(=O)NCCS(=O)(=O)N2CCc3cc(OC)c(OC)cc3C2)cc(OCC)c1OCC. The fourth-order valence-electron chi connectivity index (χ4n) is 4.14. The third-order valence-electron chi connectivity index (χ3n) is 5.89. The highest BCUT2D eigenvalue weighted by molar-refractivity contribution is 7.89. The smallest absolute Gasteiger partial charge is 0.251 e. The van der Waals surface area contributed by atoms with Gasteiger partial charge in [0.15, 0.2) is 23.0 Å². The number of rotatable bonds is 13. The lowest BCUT2D eigenvalue weighted by Gasteiger charge is -2.29. The van der Waals surface area contributed by atoms with Gasteiger partial charge in [0.1, 0.15) is 0 Å². The lowest BCUT2D eigenvalue weighted by Crippen LogP contribution is -2.40. The van der Waals surface area contributed by atoms with Crippen molar-refractivity contribution in [1.29, 1.82) is 0 Å². The second kappa shape index (κ2) is 12.9. The van der Waals surface area contributed by atoms with Gasteiger partial charge in [-0.1, -0.05) is 0 Å². The van der Waals surface area contributed by atoms with E-state index >= 15 is 0 Å². The molecule has 0 fully saturated rings. The number of nitrogens with one attached hydrogen (secondary N) is 1.